The lowest BCUT2D eigenvalue weighted by atomic mass is 10.2. The van der Waals surface area contributed by atoms with E-state index in [1.54, 1.807) is 0 Å². The van der Waals surface area contributed by atoms with Crippen molar-refractivity contribution in [2.24, 2.45) is 0 Å². The number of carbonyl (C=O) groups excluding carboxylic acids is 1. The Kier molecular flexibility index (Phi) is 5.99. The van der Waals surface area contributed by atoms with Crippen LogP contribution in [0.3, 0.4) is 0 Å². The summed E-state index contributed by atoms with van der Waals surface area (Å²) in [5.74, 6) is -0.517. The van der Waals surface area contributed by atoms with E-state index < -0.39 is 21.4 Å². The first-order valence-electron chi connectivity index (χ1n) is 7.19. The van der Waals surface area contributed by atoms with Gasteiger partial charge in [-0.25, -0.2) is 12.7 Å². The predicted molar refractivity (Wildman–Crippen MR) is 93.6 cm³/mol. The minimum Gasteiger partial charge on any atom is -0.322 e. The average molecular weight is 404 g/mol. The molecule has 2 aromatic rings. The Balaban J connectivity index is 2.08. The standard InChI is InChI=1S/C16H15F3N2O3S2/c1-21(2)26(23,24)14-9-5-12(6-10-14)20-15(22)11-3-7-13(8-4-11)25-16(17,18)19/h3-10H,1-2H3,(H,20,22). The van der Waals surface area contributed by atoms with Crippen molar-refractivity contribution in [2.45, 2.75) is 15.3 Å². The molecule has 0 saturated heterocycles. The van der Waals surface area contributed by atoms with Crippen molar-refractivity contribution in [3.63, 3.8) is 0 Å². The van der Waals surface area contributed by atoms with E-state index in [4.69, 9.17) is 0 Å². The summed E-state index contributed by atoms with van der Waals surface area (Å²) in [5.41, 5.74) is -3.85. The molecule has 0 saturated carbocycles. The molecule has 0 spiro atoms. The first-order chi connectivity index (χ1) is 12.0. The molecule has 0 unspecified atom stereocenters. The molecule has 0 radical (unpaired) electrons. The van der Waals surface area contributed by atoms with Crippen LogP contribution >= 0.6 is 11.8 Å². The Labute approximate surface area is 153 Å². The maximum absolute atomic E-state index is 12.3. The molecular weight excluding hydrogens is 389 g/mol. The number of hydrogen-bond donors (Lipinski definition) is 1. The molecule has 0 fully saturated rings. The molecule has 140 valence electrons. The number of anilines is 1. The summed E-state index contributed by atoms with van der Waals surface area (Å²) < 4.78 is 61.9. The largest absolute Gasteiger partial charge is 0.446 e. The molecule has 0 aliphatic carbocycles. The van der Waals surface area contributed by atoms with Crippen molar-refractivity contribution in [2.75, 3.05) is 19.4 Å². The minimum absolute atomic E-state index is 0.0210. The van der Waals surface area contributed by atoms with Gasteiger partial charge in [0, 0.05) is 30.2 Å². The zero-order valence-electron chi connectivity index (χ0n) is 13.7. The number of hydrogen-bond acceptors (Lipinski definition) is 4. The van der Waals surface area contributed by atoms with Gasteiger partial charge in [-0.3, -0.25) is 4.79 Å². The van der Waals surface area contributed by atoms with Gasteiger partial charge >= 0.3 is 5.51 Å². The van der Waals surface area contributed by atoms with Crippen molar-refractivity contribution in [3.05, 3.63) is 54.1 Å². The first-order valence-corrected chi connectivity index (χ1v) is 9.44. The molecule has 0 aliphatic rings. The highest BCUT2D eigenvalue weighted by Gasteiger charge is 2.29. The highest BCUT2D eigenvalue weighted by atomic mass is 32.2. The number of thioether (sulfide) groups is 1. The van der Waals surface area contributed by atoms with Crippen LogP contribution < -0.4 is 5.32 Å². The highest BCUT2D eigenvalue weighted by Crippen LogP contribution is 2.36. The molecule has 0 aliphatic heterocycles. The second-order valence-electron chi connectivity index (χ2n) is 5.34. The van der Waals surface area contributed by atoms with Crippen molar-refractivity contribution in [1.82, 2.24) is 4.31 Å². The number of amides is 1. The number of halogens is 3. The molecular formula is C16H15F3N2O3S2. The van der Waals surface area contributed by atoms with E-state index in [1.165, 1.54) is 62.6 Å². The topological polar surface area (TPSA) is 66.5 Å². The van der Waals surface area contributed by atoms with Crippen LogP contribution in [0.1, 0.15) is 10.4 Å². The van der Waals surface area contributed by atoms with Gasteiger partial charge in [-0.1, -0.05) is 0 Å². The second-order valence-corrected chi connectivity index (χ2v) is 8.63. The smallest absolute Gasteiger partial charge is 0.322 e. The monoisotopic (exact) mass is 404 g/mol. The van der Waals surface area contributed by atoms with Crippen LogP contribution in [0.25, 0.3) is 0 Å². The number of nitrogens with zero attached hydrogens (tertiary/aromatic N) is 1. The van der Waals surface area contributed by atoms with Crippen molar-refractivity contribution in [3.8, 4) is 0 Å². The molecule has 0 atom stereocenters. The van der Waals surface area contributed by atoms with Crippen LogP contribution in [-0.2, 0) is 10.0 Å². The number of sulfonamides is 1. The van der Waals surface area contributed by atoms with E-state index in [-0.39, 0.29) is 27.1 Å². The molecule has 2 aromatic carbocycles. The number of benzene rings is 2. The predicted octanol–water partition coefficient (Wildman–Crippen LogP) is 3.80. The van der Waals surface area contributed by atoms with Gasteiger partial charge in [-0.15, -0.1) is 0 Å². The SMILES string of the molecule is CN(C)S(=O)(=O)c1ccc(NC(=O)c2ccc(SC(F)(F)F)cc2)cc1. The van der Waals surface area contributed by atoms with E-state index in [1.807, 2.05) is 0 Å². The lowest BCUT2D eigenvalue weighted by Crippen LogP contribution is -2.22. The maximum Gasteiger partial charge on any atom is 0.446 e. The average Bonchev–Trinajstić information content (AvgIpc) is 2.54. The fraction of sp³-hybridized carbons (Fsp3) is 0.188. The molecule has 0 heterocycles. The van der Waals surface area contributed by atoms with Gasteiger partial charge in [0.25, 0.3) is 5.91 Å². The third kappa shape index (κ3) is 5.23. The first kappa shape index (κ1) is 20.3. The molecule has 26 heavy (non-hydrogen) atoms. The summed E-state index contributed by atoms with van der Waals surface area (Å²) in [6.45, 7) is 0. The van der Waals surface area contributed by atoms with Crippen LogP contribution in [-0.4, -0.2) is 38.2 Å². The Morgan fingerprint density at radius 1 is 1.00 bits per heavy atom. The van der Waals surface area contributed by atoms with Crippen LogP contribution in [0.15, 0.2) is 58.3 Å². The number of alkyl halides is 3. The van der Waals surface area contributed by atoms with Crippen LogP contribution in [0.4, 0.5) is 18.9 Å². The van der Waals surface area contributed by atoms with E-state index in [0.29, 0.717) is 5.69 Å². The van der Waals surface area contributed by atoms with Crippen LogP contribution in [0.5, 0.6) is 0 Å². The Morgan fingerprint density at radius 3 is 2.00 bits per heavy atom. The van der Waals surface area contributed by atoms with E-state index >= 15 is 0 Å². The summed E-state index contributed by atoms with van der Waals surface area (Å²) in [4.78, 5) is 12.2. The zero-order valence-corrected chi connectivity index (χ0v) is 15.4. The molecule has 10 heteroatoms. The Hall–Kier alpha value is -2.04. The zero-order chi connectivity index (χ0) is 19.5. The van der Waals surface area contributed by atoms with E-state index in [0.717, 1.165) is 4.31 Å². The van der Waals surface area contributed by atoms with Gasteiger partial charge < -0.3 is 5.32 Å². The molecule has 0 bridgehead atoms. The fourth-order valence-electron chi connectivity index (χ4n) is 1.93. The third-order valence-electron chi connectivity index (χ3n) is 3.24. The molecule has 5 nitrogen and oxygen atoms in total. The summed E-state index contributed by atoms with van der Waals surface area (Å²) in [7, 11) is -0.751. The van der Waals surface area contributed by atoms with Gasteiger partial charge in [0.05, 0.1) is 4.90 Å². The van der Waals surface area contributed by atoms with Gasteiger partial charge in [0.2, 0.25) is 10.0 Å². The van der Waals surface area contributed by atoms with E-state index in [2.05, 4.69) is 5.32 Å². The van der Waals surface area contributed by atoms with Crippen molar-refractivity contribution >= 4 is 33.4 Å². The highest BCUT2D eigenvalue weighted by molar-refractivity contribution is 8.00. The van der Waals surface area contributed by atoms with Crippen LogP contribution in [0, 0.1) is 0 Å². The quantitative estimate of drug-likeness (QED) is 0.770. The molecule has 2 rings (SSSR count). The number of rotatable bonds is 5. The van der Waals surface area contributed by atoms with E-state index in [9.17, 15) is 26.4 Å². The third-order valence-corrected chi connectivity index (χ3v) is 5.81. The fourth-order valence-corrected chi connectivity index (χ4v) is 3.37. The molecule has 1 amide bonds. The second kappa shape index (κ2) is 7.68. The normalized spacial score (nSPS) is 12.2. The molecule has 0 aromatic heterocycles. The van der Waals surface area contributed by atoms with Gasteiger partial charge in [-0.05, 0) is 60.3 Å². The van der Waals surface area contributed by atoms with Crippen molar-refractivity contribution in [1.29, 1.82) is 0 Å². The van der Waals surface area contributed by atoms with Gasteiger partial charge in [-0.2, -0.15) is 13.2 Å². The van der Waals surface area contributed by atoms with Gasteiger partial charge in [0.1, 0.15) is 0 Å². The molecule has 1 N–H and O–H groups in total. The summed E-state index contributed by atoms with van der Waals surface area (Å²) in [6.07, 6.45) is 0. The van der Waals surface area contributed by atoms with Gasteiger partial charge in [0.15, 0.2) is 0 Å². The summed E-state index contributed by atoms with van der Waals surface area (Å²) >= 11 is -0.261. The van der Waals surface area contributed by atoms with Crippen molar-refractivity contribution < 1.29 is 26.4 Å². The lowest BCUT2D eigenvalue weighted by Gasteiger charge is -2.12. The van der Waals surface area contributed by atoms with Crippen LogP contribution in [0.2, 0.25) is 0 Å². The maximum atomic E-state index is 12.3. The number of nitrogens with one attached hydrogen (secondary N) is 1. The number of carbonyl (C=O) groups is 1. The summed E-state index contributed by atoms with van der Waals surface area (Å²) in [5, 5.41) is 2.56. The Bertz CT molecular complexity index is 878. The lowest BCUT2D eigenvalue weighted by molar-refractivity contribution is -0.0328. The minimum atomic E-state index is -4.39. The summed E-state index contributed by atoms with van der Waals surface area (Å²) in [6, 6.07) is 10.6. The Morgan fingerprint density at radius 2 is 1.54 bits per heavy atom.